The van der Waals surface area contributed by atoms with E-state index in [2.05, 4.69) is 5.32 Å². The third kappa shape index (κ3) is 12.8. The maximum atomic E-state index is 12.8. The van der Waals surface area contributed by atoms with Gasteiger partial charge in [0.2, 0.25) is 5.91 Å². The molecule has 0 radical (unpaired) electrons. The van der Waals surface area contributed by atoms with E-state index in [-0.39, 0.29) is 24.7 Å². The van der Waals surface area contributed by atoms with E-state index in [1.807, 2.05) is 20.8 Å². The van der Waals surface area contributed by atoms with Gasteiger partial charge in [-0.3, -0.25) is 14.1 Å². The number of rotatable bonds is 12. The van der Waals surface area contributed by atoms with Crippen LogP contribution in [0, 0.1) is 11.8 Å². The molecule has 0 fully saturated rings. The van der Waals surface area contributed by atoms with Crippen LogP contribution in [0.15, 0.2) is 0 Å². The number of aliphatic hydroxyl groups excluding tert-OH is 1. The van der Waals surface area contributed by atoms with Gasteiger partial charge in [0.15, 0.2) is 0 Å². The molecule has 27 heavy (non-hydrogen) atoms. The minimum absolute atomic E-state index is 0.180. The Balaban J connectivity index is 5.31. The Morgan fingerprint density at radius 3 is 2.11 bits per heavy atom. The van der Waals surface area contributed by atoms with Crippen LogP contribution in [-0.4, -0.2) is 53.5 Å². The normalized spacial score (nSPS) is 15.9. The summed E-state index contributed by atoms with van der Waals surface area (Å²) >= 11 is 0. The Hall–Kier alpha value is -1.19. The van der Waals surface area contributed by atoms with Gasteiger partial charge in [-0.25, -0.2) is 0 Å². The molecule has 3 atom stereocenters. The van der Waals surface area contributed by atoms with Gasteiger partial charge in [-0.05, 0) is 39.0 Å². The first kappa shape index (κ1) is 25.8. The first-order chi connectivity index (χ1) is 12.1. The quantitative estimate of drug-likeness (QED) is 0.331. The van der Waals surface area contributed by atoms with Gasteiger partial charge in [-0.2, -0.15) is 8.42 Å². The standard InChI is InChI=1S/C18H35NO7S/c1-7-15(21)10-16(26-13(4)20)9-14(8-12(2)3)17(22)19-18(5,6)11-27(23,24)25/h12,14-16,21H,7-11H2,1-6H3,(H,19,22)(H,23,24,25). The molecule has 1 amide bonds. The lowest BCUT2D eigenvalue weighted by molar-refractivity contribution is -0.150. The number of carbonyl (C=O) groups is 2. The lowest BCUT2D eigenvalue weighted by atomic mass is 9.88. The Morgan fingerprint density at radius 1 is 1.15 bits per heavy atom. The number of amides is 1. The molecule has 0 saturated heterocycles. The summed E-state index contributed by atoms with van der Waals surface area (Å²) in [5, 5.41) is 12.6. The Morgan fingerprint density at radius 2 is 1.70 bits per heavy atom. The van der Waals surface area contributed by atoms with Gasteiger partial charge in [-0.1, -0.05) is 20.8 Å². The molecule has 0 spiro atoms. The topological polar surface area (TPSA) is 130 Å². The molecule has 0 bridgehead atoms. The van der Waals surface area contributed by atoms with Crippen molar-refractivity contribution in [3.05, 3.63) is 0 Å². The summed E-state index contributed by atoms with van der Waals surface area (Å²) in [5.74, 6) is -1.82. The second-order valence-electron chi connectivity index (χ2n) is 8.19. The van der Waals surface area contributed by atoms with Crippen LogP contribution in [0.4, 0.5) is 0 Å². The molecule has 0 aromatic carbocycles. The van der Waals surface area contributed by atoms with E-state index >= 15 is 0 Å². The zero-order valence-electron chi connectivity index (χ0n) is 17.2. The van der Waals surface area contributed by atoms with Crippen molar-refractivity contribution in [2.45, 2.75) is 85.0 Å². The number of hydrogen-bond donors (Lipinski definition) is 3. The van der Waals surface area contributed by atoms with E-state index in [0.717, 1.165) is 0 Å². The predicted molar refractivity (Wildman–Crippen MR) is 103 cm³/mol. The average molecular weight is 410 g/mol. The van der Waals surface area contributed by atoms with E-state index in [1.54, 1.807) is 0 Å². The molecule has 160 valence electrons. The molecule has 0 heterocycles. The van der Waals surface area contributed by atoms with Crippen molar-refractivity contribution >= 4 is 22.0 Å². The molecule has 0 aliphatic carbocycles. The van der Waals surface area contributed by atoms with E-state index in [0.29, 0.717) is 12.8 Å². The lowest BCUT2D eigenvalue weighted by Crippen LogP contribution is -2.51. The molecule has 0 aliphatic heterocycles. The van der Waals surface area contributed by atoms with E-state index in [1.165, 1.54) is 20.8 Å². The zero-order valence-corrected chi connectivity index (χ0v) is 18.0. The van der Waals surface area contributed by atoms with Gasteiger partial charge >= 0.3 is 5.97 Å². The molecule has 3 N–H and O–H groups in total. The van der Waals surface area contributed by atoms with E-state index in [4.69, 9.17) is 9.29 Å². The molecular formula is C18H35NO7S. The largest absolute Gasteiger partial charge is 0.462 e. The number of esters is 1. The van der Waals surface area contributed by atoms with Crippen LogP contribution < -0.4 is 5.32 Å². The highest BCUT2D eigenvalue weighted by molar-refractivity contribution is 7.85. The van der Waals surface area contributed by atoms with Crippen molar-refractivity contribution in [3.63, 3.8) is 0 Å². The molecule has 0 aliphatic rings. The Bertz CT molecular complexity index is 587. The fourth-order valence-electron chi connectivity index (χ4n) is 3.02. The summed E-state index contributed by atoms with van der Waals surface area (Å²) < 4.78 is 36.6. The van der Waals surface area contributed by atoms with Gasteiger partial charge in [0, 0.05) is 19.3 Å². The van der Waals surface area contributed by atoms with Crippen molar-refractivity contribution in [1.29, 1.82) is 0 Å². The minimum atomic E-state index is -4.25. The number of nitrogens with one attached hydrogen (secondary N) is 1. The van der Waals surface area contributed by atoms with Gasteiger partial charge in [0.1, 0.15) is 6.10 Å². The van der Waals surface area contributed by atoms with Gasteiger partial charge in [-0.15, -0.1) is 0 Å². The number of carbonyl (C=O) groups excluding carboxylic acids is 2. The third-order valence-electron chi connectivity index (χ3n) is 4.02. The highest BCUT2D eigenvalue weighted by Crippen LogP contribution is 2.23. The highest BCUT2D eigenvalue weighted by Gasteiger charge is 2.32. The van der Waals surface area contributed by atoms with Gasteiger partial charge < -0.3 is 15.2 Å². The van der Waals surface area contributed by atoms with Crippen molar-refractivity contribution in [3.8, 4) is 0 Å². The Labute approximate surface area is 162 Å². The highest BCUT2D eigenvalue weighted by atomic mass is 32.2. The molecular weight excluding hydrogens is 374 g/mol. The summed E-state index contributed by atoms with van der Waals surface area (Å²) in [7, 11) is -4.25. The van der Waals surface area contributed by atoms with Crippen LogP contribution >= 0.6 is 0 Å². The lowest BCUT2D eigenvalue weighted by Gasteiger charge is -2.30. The van der Waals surface area contributed by atoms with Crippen LogP contribution in [-0.2, 0) is 24.4 Å². The SMILES string of the molecule is CCC(O)CC(CC(CC(C)C)C(=O)NC(C)(C)CS(=O)(=O)O)OC(C)=O. The summed E-state index contributed by atoms with van der Waals surface area (Å²) in [6.45, 7) is 10.0. The first-order valence-corrected chi connectivity index (χ1v) is 10.9. The van der Waals surface area contributed by atoms with E-state index < -0.39 is 45.5 Å². The van der Waals surface area contributed by atoms with Crippen LogP contribution in [0.25, 0.3) is 0 Å². The molecule has 9 heteroatoms. The second-order valence-corrected chi connectivity index (χ2v) is 9.64. The molecule has 8 nitrogen and oxygen atoms in total. The van der Waals surface area contributed by atoms with Crippen LogP contribution in [0.1, 0.15) is 67.2 Å². The first-order valence-electron chi connectivity index (χ1n) is 9.27. The molecule has 0 rings (SSSR count). The number of ether oxygens (including phenoxy) is 1. The zero-order chi connectivity index (χ0) is 21.4. The van der Waals surface area contributed by atoms with Crippen LogP contribution in [0.3, 0.4) is 0 Å². The van der Waals surface area contributed by atoms with Crippen molar-refractivity contribution in [2.75, 3.05) is 5.75 Å². The summed E-state index contributed by atoms with van der Waals surface area (Å²) in [6.07, 6.45) is 0.202. The fourth-order valence-corrected chi connectivity index (χ4v) is 4.01. The van der Waals surface area contributed by atoms with Crippen molar-refractivity contribution in [1.82, 2.24) is 5.32 Å². The maximum absolute atomic E-state index is 12.8. The summed E-state index contributed by atoms with van der Waals surface area (Å²) in [4.78, 5) is 24.2. The second kappa shape index (κ2) is 11.0. The molecule has 3 unspecified atom stereocenters. The number of hydrogen-bond acceptors (Lipinski definition) is 6. The van der Waals surface area contributed by atoms with E-state index in [9.17, 15) is 23.1 Å². The predicted octanol–water partition coefficient (Wildman–Crippen LogP) is 1.91. The van der Waals surface area contributed by atoms with Crippen LogP contribution in [0.5, 0.6) is 0 Å². The maximum Gasteiger partial charge on any atom is 0.302 e. The monoisotopic (exact) mass is 409 g/mol. The smallest absolute Gasteiger partial charge is 0.302 e. The average Bonchev–Trinajstić information content (AvgIpc) is 2.41. The minimum Gasteiger partial charge on any atom is -0.462 e. The Kier molecular flexibility index (Phi) is 10.5. The molecule has 0 aromatic rings. The summed E-state index contributed by atoms with van der Waals surface area (Å²) in [6, 6.07) is 0. The van der Waals surface area contributed by atoms with Gasteiger partial charge in [0.05, 0.1) is 17.4 Å². The summed E-state index contributed by atoms with van der Waals surface area (Å²) in [5.41, 5.74) is -1.15. The van der Waals surface area contributed by atoms with Crippen molar-refractivity contribution < 1.29 is 32.4 Å². The van der Waals surface area contributed by atoms with Crippen LogP contribution in [0.2, 0.25) is 0 Å². The number of aliphatic hydroxyl groups is 1. The van der Waals surface area contributed by atoms with Crippen molar-refractivity contribution in [2.24, 2.45) is 11.8 Å². The molecule has 0 saturated carbocycles. The molecule has 0 aromatic heterocycles. The fraction of sp³-hybridized carbons (Fsp3) is 0.889. The third-order valence-corrected chi connectivity index (χ3v) is 5.10. The van der Waals surface area contributed by atoms with Gasteiger partial charge in [0.25, 0.3) is 10.1 Å².